The van der Waals surface area contributed by atoms with Gasteiger partial charge in [0, 0.05) is 38.8 Å². The Bertz CT molecular complexity index is 475. The monoisotopic (exact) mass is 347 g/mol. The Hall–Kier alpha value is -1.67. The number of rotatable bonds is 7. The van der Waals surface area contributed by atoms with Crippen molar-refractivity contribution in [1.82, 2.24) is 14.7 Å². The Kier molecular flexibility index (Phi) is 8.68. The van der Waals surface area contributed by atoms with Crippen LogP contribution in [0.25, 0.3) is 0 Å². The summed E-state index contributed by atoms with van der Waals surface area (Å²) >= 11 is 0. The first kappa shape index (κ1) is 19.7. The summed E-state index contributed by atoms with van der Waals surface area (Å²) in [5.41, 5.74) is 0. The van der Waals surface area contributed by atoms with Crippen molar-refractivity contribution in [2.75, 3.05) is 59.0 Å². The molecule has 2 aliphatic heterocycles. The standard InChI is InChI=1S/C18H29N5O2/c19-6-2-9-23(10-3-7-20)18(24)16-21-8-1-4-17(5-11-21)22-12-14-25-15-13-22/h17H,1-5,8-16H2. The maximum atomic E-state index is 12.6. The molecule has 25 heavy (non-hydrogen) atoms. The average Bonchev–Trinajstić information content (AvgIpc) is 2.88. The van der Waals surface area contributed by atoms with Gasteiger partial charge in [0.1, 0.15) is 0 Å². The molecule has 0 aromatic heterocycles. The van der Waals surface area contributed by atoms with E-state index < -0.39 is 0 Å². The van der Waals surface area contributed by atoms with Gasteiger partial charge in [-0.25, -0.2) is 0 Å². The molecule has 0 radical (unpaired) electrons. The van der Waals surface area contributed by atoms with Gasteiger partial charge >= 0.3 is 0 Å². The number of hydrogen-bond acceptors (Lipinski definition) is 6. The molecule has 2 heterocycles. The van der Waals surface area contributed by atoms with Gasteiger partial charge in [0.05, 0.1) is 44.7 Å². The first-order valence-corrected chi connectivity index (χ1v) is 9.30. The summed E-state index contributed by atoms with van der Waals surface area (Å²) in [7, 11) is 0. The predicted octanol–water partition coefficient (Wildman–Crippen LogP) is 0.829. The van der Waals surface area contributed by atoms with Crippen molar-refractivity contribution >= 4 is 5.91 Å². The SMILES string of the molecule is N#CCCN(CCC#N)C(=O)CN1CCCC(N2CCOCC2)CC1. The molecule has 2 saturated heterocycles. The molecule has 0 aliphatic carbocycles. The molecule has 2 fully saturated rings. The fourth-order valence-corrected chi connectivity index (χ4v) is 3.63. The number of carbonyl (C=O) groups is 1. The first-order chi connectivity index (χ1) is 12.2. The summed E-state index contributed by atoms with van der Waals surface area (Å²) in [6, 6.07) is 4.75. The predicted molar refractivity (Wildman–Crippen MR) is 93.5 cm³/mol. The van der Waals surface area contributed by atoms with E-state index in [4.69, 9.17) is 15.3 Å². The van der Waals surface area contributed by atoms with Crippen LogP contribution in [0.15, 0.2) is 0 Å². The molecule has 1 atom stereocenters. The molecule has 138 valence electrons. The number of morpholine rings is 1. The van der Waals surface area contributed by atoms with Crippen LogP contribution in [0, 0.1) is 22.7 Å². The molecule has 0 spiro atoms. The van der Waals surface area contributed by atoms with E-state index in [0.29, 0.717) is 38.5 Å². The van der Waals surface area contributed by atoms with Gasteiger partial charge in [-0.05, 0) is 25.8 Å². The van der Waals surface area contributed by atoms with Gasteiger partial charge in [-0.1, -0.05) is 0 Å². The fourth-order valence-electron chi connectivity index (χ4n) is 3.63. The van der Waals surface area contributed by atoms with Crippen LogP contribution in [0.2, 0.25) is 0 Å². The molecule has 0 aromatic carbocycles. The third kappa shape index (κ3) is 6.62. The Morgan fingerprint density at radius 1 is 1.04 bits per heavy atom. The molecule has 2 aliphatic rings. The molecule has 0 aromatic rings. The van der Waals surface area contributed by atoms with Crippen molar-refractivity contribution in [3.63, 3.8) is 0 Å². The Labute approximate surface area is 150 Å². The fraction of sp³-hybridized carbons (Fsp3) is 0.833. The van der Waals surface area contributed by atoms with Crippen molar-refractivity contribution in [1.29, 1.82) is 10.5 Å². The molecular weight excluding hydrogens is 318 g/mol. The second-order valence-corrected chi connectivity index (χ2v) is 6.71. The van der Waals surface area contributed by atoms with Crippen molar-refractivity contribution in [3.8, 4) is 12.1 Å². The largest absolute Gasteiger partial charge is 0.379 e. The molecule has 1 unspecified atom stereocenters. The van der Waals surface area contributed by atoms with Crippen LogP contribution in [-0.2, 0) is 9.53 Å². The summed E-state index contributed by atoms with van der Waals surface area (Å²) in [4.78, 5) is 19.0. The maximum absolute atomic E-state index is 12.6. The van der Waals surface area contributed by atoms with E-state index in [1.165, 1.54) is 6.42 Å². The van der Waals surface area contributed by atoms with Crippen LogP contribution in [-0.4, -0.2) is 85.7 Å². The van der Waals surface area contributed by atoms with Crippen molar-refractivity contribution < 1.29 is 9.53 Å². The molecule has 1 amide bonds. The number of ether oxygens (including phenoxy) is 1. The third-order valence-corrected chi connectivity index (χ3v) is 5.05. The van der Waals surface area contributed by atoms with E-state index in [1.54, 1.807) is 4.90 Å². The average molecular weight is 347 g/mol. The van der Waals surface area contributed by atoms with Gasteiger partial charge in [0.2, 0.25) is 5.91 Å². The topological polar surface area (TPSA) is 83.6 Å². The molecule has 0 bridgehead atoms. The Balaban J connectivity index is 1.81. The number of carbonyl (C=O) groups excluding carboxylic acids is 1. The highest BCUT2D eigenvalue weighted by Crippen LogP contribution is 2.18. The third-order valence-electron chi connectivity index (χ3n) is 5.05. The lowest BCUT2D eigenvalue weighted by Gasteiger charge is -2.34. The maximum Gasteiger partial charge on any atom is 0.236 e. The second kappa shape index (κ2) is 11.0. The lowest BCUT2D eigenvalue weighted by atomic mass is 10.1. The Morgan fingerprint density at radius 3 is 2.36 bits per heavy atom. The summed E-state index contributed by atoms with van der Waals surface area (Å²) in [6.07, 6.45) is 4.00. The number of nitrogens with zero attached hydrogens (tertiary/aromatic N) is 5. The number of hydrogen-bond donors (Lipinski definition) is 0. The number of likely N-dealkylation sites (tertiary alicyclic amines) is 1. The van der Waals surface area contributed by atoms with Crippen LogP contribution in [0.1, 0.15) is 32.1 Å². The summed E-state index contributed by atoms with van der Waals surface area (Å²) in [5, 5.41) is 17.5. The zero-order valence-electron chi connectivity index (χ0n) is 15.0. The summed E-state index contributed by atoms with van der Waals surface area (Å²) in [6.45, 7) is 6.78. The second-order valence-electron chi connectivity index (χ2n) is 6.71. The van der Waals surface area contributed by atoms with Crippen LogP contribution >= 0.6 is 0 Å². The lowest BCUT2D eigenvalue weighted by Crippen LogP contribution is -2.44. The van der Waals surface area contributed by atoms with Gasteiger partial charge in [0.25, 0.3) is 0 Å². The van der Waals surface area contributed by atoms with E-state index in [0.717, 1.165) is 52.2 Å². The molecule has 0 N–H and O–H groups in total. The summed E-state index contributed by atoms with van der Waals surface area (Å²) in [5.74, 6) is 0.0373. The highest BCUT2D eigenvalue weighted by molar-refractivity contribution is 5.78. The number of nitriles is 2. The smallest absolute Gasteiger partial charge is 0.236 e. The van der Waals surface area contributed by atoms with E-state index in [-0.39, 0.29) is 5.91 Å². The van der Waals surface area contributed by atoms with Gasteiger partial charge in [-0.15, -0.1) is 0 Å². The summed E-state index contributed by atoms with van der Waals surface area (Å²) < 4.78 is 5.44. The van der Waals surface area contributed by atoms with E-state index in [1.807, 2.05) is 0 Å². The van der Waals surface area contributed by atoms with Crippen molar-refractivity contribution in [3.05, 3.63) is 0 Å². The van der Waals surface area contributed by atoms with E-state index in [9.17, 15) is 4.79 Å². The van der Waals surface area contributed by atoms with Gasteiger partial charge in [-0.3, -0.25) is 14.6 Å². The Morgan fingerprint density at radius 2 is 1.72 bits per heavy atom. The molecule has 7 nitrogen and oxygen atoms in total. The van der Waals surface area contributed by atoms with Crippen LogP contribution < -0.4 is 0 Å². The van der Waals surface area contributed by atoms with Crippen LogP contribution in [0.5, 0.6) is 0 Å². The van der Waals surface area contributed by atoms with Gasteiger partial charge < -0.3 is 9.64 Å². The van der Waals surface area contributed by atoms with Crippen LogP contribution in [0.3, 0.4) is 0 Å². The minimum atomic E-state index is 0.0373. The highest BCUT2D eigenvalue weighted by atomic mass is 16.5. The molecule has 0 saturated carbocycles. The minimum Gasteiger partial charge on any atom is -0.379 e. The quantitative estimate of drug-likeness (QED) is 0.678. The van der Waals surface area contributed by atoms with E-state index >= 15 is 0 Å². The zero-order valence-corrected chi connectivity index (χ0v) is 15.0. The van der Waals surface area contributed by atoms with Crippen molar-refractivity contribution in [2.24, 2.45) is 0 Å². The van der Waals surface area contributed by atoms with Crippen molar-refractivity contribution in [2.45, 2.75) is 38.1 Å². The highest BCUT2D eigenvalue weighted by Gasteiger charge is 2.25. The molecule has 7 heteroatoms. The minimum absolute atomic E-state index is 0.0373. The molecular formula is C18H29N5O2. The van der Waals surface area contributed by atoms with Crippen LogP contribution in [0.4, 0.5) is 0 Å². The zero-order chi connectivity index (χ0) is 17.9. The lowest BCUT2D eigenvalue weighted by molar-refractivity contribution is -0.132. The van der Waals surface area contributed by atoms with Gasteiger partial charge in [-0.2, -0.15) is 10.5 Å². The van der Waals surface area contributed by atoms with E-state index in [2.05, 4.69) is 21.9 Å². The number of amides is 1. The van der Waals surface area contributed by atoms with Gasteiger partial charge in [0.15, 0.2) is 0 Å². The first-order valence-electron chi connectivity index (χ1n) is 9.30. The normalized spacial score (nSPS) is 22.6. The molecule has 2 rings (SSSR count).